The van der Waals surface area contributed by atoms with E-state index < -0.39 is 0 Å². The molecule has 1 N–H and O–H groups in total. The van der Waals surface area contributed by atoms with Crippen LogP contribution in [0.5, 0.6) is 0 Å². The standard InChI is InChI=1S/C27H27N7O/c1-18-12-13-23(19(2)14-18)33-26-22(16-30-33)27(29-17-28-26)34-24(15-20(3)32-34)31-25(35)11-7-10-21-8-5-4-6-9-21/h4-6,8-9,12-17H,7,10-11H2,1-3H3,(H,31,35). The second kappa shape index (κ2) is 9.50. The number of hydrogen-bond donors (Lipinski definition) is 1. The van der Waals surface area contributed by atoms with E-state index in [1.165, 1.54) is 17.5 Å². The van der Waals surface area contributed by atoms with Crippen LogP contribution in [0.15, 0.2) is 67.1 Å². The molecule has 3 aromatic heterocycles. The molecule has 0 bridgehead atoms. The van der Waals surface area contributed by atoms with Crippen molar-refractivity contribution < 1.29 is 4.79 Å². The molecular formula is C27H27N7O. The van der Waals surface area contributed by atoms with Gasteiger partial charge in [-0.3, -0.25) is 4.79 Å². The fraction of sp³-hybridized carbons (Fsp3) is 0.222. The lowest BCUT2D eigenvalue weighted by molar-refractivity contribution is -0.116. The van der Waals surface area contributed by atoms with Crippen molar-refractivity contribution >= 4 is 22.8 Å². The Labute approximate surface area is 203 Å². The van der Waals surface area contributed by atoms with Crippen molar-refractivity contribution in [3.8, 4) is 11.5 Å². The number of carbonyl (C=O) groups is 1. The largest absolute Gasteiger partial charge is 0.311 e. The maximum atomic E-state index is 12.7. The first-order valence-electron chi connectivity index (χ1n) is 11.7. The molecule has 0 aliphatic carbocycles. The molecule has 0 unspecified atom stereocenters. The third kappa shape index (κ3) is 4.68. The van der Waals surface area contributed by atoms with Crippen molar-refractivity contribution in [1.82, 2.24) is 29.5 Å². The first kappa shape index (κ1) is 22.5. The molecule has 8 heteroatoms. The quantitative estimate of drug-likeness (QED) is 0.370. The van der Waals surface area contributed by atoms with Gasteiger partial charge in [0.05, 0.1) is 23.0 Å². The predicted octanol–water partition coefficient (Wildman–Crippen LogP) is 4.89. The molecule has 0 spiro atoms. The van der Waals surface area contributed by atoms with Gasteiger partial charge in [0.15, 0.2) is 11.5 Å². The summed E-state index contributed by atoms with van der Waals surface area (Å²) in [5.74, 6) is 1.09. The Hall–Kier alpha value is -4.33. The van der Waals surface area contributed by atoms with Crippen LogP contribution < -0.4 is 5.32 Å². The number of nitrogens with one attached hydrogen (secondary N) is 1. The van der Waals surface area contributed by atoms with Crippen molar-refractivity contribution in [2.75, 3.05) is 5.32 Å². The molecule has 1 amide bonds. The van der Waals surface area contributed by atoms with Gasteiger partial charge in [-0.05, 0) is 50.8 Å². The van der Waals surface area contributed by atoms with Crippen LogP contribution in [0.3, 0.4) is 0 Å². The van der Waals surface area contributed by atoms with Crippen LogP contribution in [0.25, 0.3) is 22.5 Å². The topological polar surface area (TPSA) is 90.5 Å². The summed E-state index contributed by atoms with van der Waals surface area (Å²) in [6.45, 7) is 6.01. The summed E-state index contributed by atoms with van der Waals surface area (Å²) in [5.41, 5.74) is 5.93. The Morgan fingerprint density at radius 1 is 0.971 bits per heavy atom. The van der Waals surface area contributed by atoms with Gasteiger partial charge < -0.3 is 5.32 Å². The van der Waals surface area contributed by atoms with Gasteiger partial charge in [-0.25, -0.2) is 14.6 Å². The van der Waals surface area contributed by atoms with Gasteiger partial charge in [0.25, 0.3) is 0 Å². The molecule has 0 saturated carbocycles. The minimum atomic E-state index is -0.0571. The van der Waals surface area contributed by atoms with Crippen LogP contribution in [-0.4, -0.2) is 35.4 Å². The maximum Gasteiger partial charge on any atom is 0.225 e. The summed E-state index contributed by atoms with van der Waals surface area (Å²) in [4.78, 5) is 21.7. The summed E-state index contributed by atoms with van der Waals surface area (Å²) in [6.07, 6.45) is 5.29. The van der Waals surface area contributed by atoms with Crippen LogP contribution in [-0.2, 0) is 11.2 Å². The Bertz CT molecular complexity index is 1500. The van der Waals surface area contributed by atoms with Gasteiger partial charge in [0.2, 0.25) is 5.91 Å². The van der Waals surface area contributed by atoms with Gasteiger partial charge in [-0.2, -0.15) is 14.9 Å². The molecule has 8 nitrogen and oxygen atoms in total. The number of fused-ring (bicyclic) bond motifs is 1. The number of benzene rings is 2. The average molecular weight is 466 g/mol. The van der Waals surface area contributed by atoms with Gasteiger partial charge in [-0.1, -0.05) is 48.0 Å². The average Bonchev–Trinajstić information content (AvgIpc) is 3.43. The summed E-state index contributed by atoms with van der Waals surface area (Å²) < 4.78 is 3.47. The number of aryl methyl sites for hydroxylation is 4. The first-order chi connectivity index (χ1) is 17.0. The zero-order valence-electron chi connectivity index (χ0n) is 20.1. The molecule has 2 aromatic carbocycles. The van der Waals surface area contributed by atoms with Gasteiger partial charge in [0, 0.05) is 12.5 Å². The molecule has 0 fully saturated rings. The zero-order chi connectivity index (χ0) is 24.4. The fourth-order valence-electron chi connectivity index (χ4n) is 4.27. The highest BCUT2D eigenvalue weighted by Gasteiger charge is 2.18. The number of rotatable bonds is 7. The molecule has 0 atom stereocenters. The molecule has 176 valence electrons. The lowest BCUT2D eigenvalue weighted by Gasteiger charge is -2.10. The van der Waals surface area contributed by atoms with E-state index in [1.807, 2.05) is 41.9 Å². The molecule has 0 saturated heterocycles. The Morgan fingerprint density at radius 3 is 2.60 bits per heavy atom. The highest BCUT2D eigenvalue weighted by atomic mass is 16.1. The highest BCUT2D eigenvalue weighted by molar-refractivity contribution is 5.91. The minimum Gasteiger partial charge on any atom is -0.311 e. The first-order valence-corrected chi connectivity index (χ1v) is 11.7. The number of anilines is 1. The van der Waals surface area contributed by atoms with E-state index in [0.29, 0.717) is 23.7 Å². The van der Waals surface area contributed by atoms with E-state index >= 15 is 0 Å². The number of hydrogen-bond acceptors (Lipinski definition) is 5. The summed E-state index contributed by atoms with van der Waals surface area (Å²) in [7, 11) is 0. The second-order valence-corrected chi connectivity index (χ2v) is 8.75. The molecule has 35 heavy (non-hydrogen) atoms. The third-order valence-corrected chi connectivity index (χ3v) is 5.94. The molecule has 0 aliphatic heterocycles. The van der Waals surface area contributed by atoms with Crippen LogP contribution in [0, 0.1) is 20.8 Å². The van der Waals surface area contributed by atoms with Crippen LogP contribution in [0.4, 0.5) is 5.82 Å². The second-order valence-electron chi connectivity index (χ2n) is 8.75. The SMILES string of the molecule is Cc1ccc(-n2ncc3c(-n4nc(C)cc4NC(=O)CCCc4ccccc4)ncnc32)c(C)c1. The lowest BCUT2D eigenvalue weighted by Crippen LogP contribution is -2.15. The zero-order valence-corrected chi connectivity index (χ0v) is 20.1. The van der Waals surface area contributed by atoms with E-state index in [4.69, 9.17) is 0 Å². The van der Waals surface area contributed by atoms with Crippen LogP contribution >= 0.6 is 0 Å². The van der Waals surface area contributed by atoms with Crippen molar-refractivity contribution in [1.29, 1.82) is 0 Å². The van der Waals surface area contributed by atoms with Crippen molar-refractivity contribution in [3.05, 3.63) is 89.5 Å². The third-order valence-electron chi connectivity index (χ3n) is 5.94. The summed E-state index contributed by atoms with van der Waals surface area (Å²) >= 11 is 0. The molecular weight excluding hydrogens is 438 g/mol. The molecule has 5 rings (SSSR count). The van der Waals surface area contributed by atoms with Gasteiger partial charge in [0.1, 0.15) is 12.1 Å². The Kier molecular flexibility index (Phi) is 6.10. The van der Waals surface area contributed by atoms with E-state index in [1.54, 1.807) is 10.9 Å². The fourth-order valence-corrected chi connectivity index (χ4v) is 4.27. The molecule has 0 aliphatic rings. The molecule has 3 heterocycles. The van der Waals surface area contributed by atoms with E-state index in [2.05, 4.69) is 63.6 Å². The lowest BCUT2D eigenvalue weighted by atomic mass is 10.1. The molecule has 5 aromatic rings. The van der Waals surface area contributed by atoms with Gasteiger partial charge in [-0.15, -0.1) is 0 Å². The number of aromatic nitrogens is 6. The van der Waals surface area contributed by atoms with Crippen molar-refractivity contribution in [2.45, 2.75) is 40.0 Å². The normalized spacial score (nSPS) is 11.2. The maximum absolute atomic E-state index is 12.7. The Morgan fingerprint density at radius 2 is 1.80 bits per heavy atom. The Balaban J connectivity index is 1.41. The number of amides is 1. The number of carbonyl (C=O) groups excluding carboxylic acids is 1. The van der Waals surface area contributed by atoms with Crippen molar-refractivity contribution in [3.63, 3.8) is 0 Å². The van der Waals surface area contributed by atoms with Gasteiger partial charge >= 0.3 is 0 Å². The smallest absolute Gasteiger partial charge is 0.225 e. The predicted molar refractivity (Wildman–Crippen MR) is 136 cm³/mol. The van der Waals surface area contributed by atoms with E-state index in [0.717, 1.165) is 35.2 Å². The number of nitrogens with zero attached hydrogens (tertiary/aromatic N) is 6. The highest BCUT2D eigenvalue weighted by Crippen LogP contribution is 2.25. The van der Waals surface area contributed by atoms with Crippen LogP contribution in [0.2, 0.25) is 0 Å². The summed E-state index contributed by atoms with van der Waals surface area (Å²) in [5, 5.41) is 12.9. The minimum absolute atomic E-state index is 0.0571. The van der Waals surface area contributed by atoms with Crippen LogP contribution in [0.1, 0.15) is 35.2 Å². The molecule has 0 radical (unpaired) electrons. The summed E-state index contributed by atoms with van der Waals surface area (Å²) in [6, 6.07) is 18.2. The van der Waals surface area contributed by atoms with E-state index in [-0.39, 0.29) is 5.91 Å². The van der Waals surface area contributed by atoms with E-state index in [9.17, 15) is 4.79 Å². The monoisotopic (exact) mass is 465 g/mol. The van der Waals surface area contributed by atoms with Crippen molar-refractivity contribution in [2.24, 2.45) is 0 Å².